The molecule has 0 fully saturated rings. The van der Waals surface area contributed by atoms with Crippen LogP contribution in [0.2, 0.25) is 0 Å². The van der Waals surface area contributed by atoms with Crippen molar-refractivity contribution in [3.63, 3.8) is 0 Å². The summed E-state index contributed by atoms with van der Waals surface area (Å²) in [4.78, 5) is 36.7. The zero-order chi connectivity index (χ0) is 20.7. The third-order valence-electron chi connectivity index (χ3n) is 4.21. The van der Waals surface area contributed by atoms with Crippen LogP contribution in [0.5, 0.6) is 0 Å². The molecule has 0 atom stereocenters. The number of nitrogens with zero attached hydrogens (tertiary/aromatic N) is 2. The van der Waals surface area contributed by atoms with Crippen molar-refractivity contribution in [3.8, 4) is 0 Å². The van der Waals surface area contributed by atoms with E-state index in [1.807, 2.05) is 31.2 Å². The Bertz CT molecular complexity index is 882. The van der Waals surface area contributed by atoms with Crippen molar-refractivity contribution in [2.45, 2.75) is 20.3 Å². The summed E-state index contributed by atoms with van der Waals surface area (Å²) < 4.78 is 0. The fourth-order valence-corrected chi connectivity index (χ4v) is 2.83. The fraction of sp³-hybridized carbons (Fsp3) is 0.300. The normalized spacial score (nSPS) is 10.6. The van der Waals surface area contributed by atoms with Crippen molar-refractivity contribution in [1.82, 2.24) is 4.90 Å². The number of benzene rings is 2. The monoisotopic (exact) mass is 384 g/mol. The predicted octanol–water partition coefficient (Wildman–Crippen LogP) is 2.97. The van der Waals surface area contributed by atoms with E-state index >= 15 is 0 Å². The van der Waals surface area contributed by atoms with Crippen molar-refractivity contribution < 1.29 is 14.5 Å². The van der Waals surface area contributed by atoms with E-state index in [9.17, 15) is 19.7 Å². The summed E-state index contributed by atoms with van der Waals surface area (Å²) in [5.41, 5.74) is 2.39. The van der Waals surface area contributed by atoms with E-state index in [4.69, 9.17) is 0 Å². The maximum atomic E-state index is 12.3. The maximum absolute atomic E-state index is 12.3. The largest absolute Gasteiger partial charge is 0.325 e. The van der Waals surface area contributed by atoms with Crippen molar-refractivity contribution in [2.75, 3.05) is 30.8 Å². The van der Waals surface area contributed by atoms with E-state index in [-0.39, 0.29) is 30.4 Å². The smallest absolute Gasteiger partial charge is 0.293 e. The van der Waals surface area contributed by atoms with E-state index in [1.165, 1.54) is 6.07 Å². The molecule has 0 aliphatic carbocycles. The van der Waals surface area contributed by atoms with Gasteiger partial charge in [-0.25, -0.2) is 0 Å². The molecule has 0 heterocycles. The minimum atomic E-state index is -0.537. The second kappa shape index (κ2) is 9.61. The third kappa shape index (κ3) is 5.62. The molecular weight excluding hydrogens is 360 g/mol. The fourth-order valence-electron chi connectivity index (χ4n) is 2.83. The number of hydrogen-bond acceptors (Lipinski definition) is 5. The lowest BCUT2D eigenvalue weighted by atomic mass is 10.1. The number of nitro benzene ring substituents is 1. The number of carbonyl (C=O) groups excluding carboxylic acids is 2. The summed E-state index contributed by atoms with van der Waals surface area (Å²) in [7, 11) is 1.64. The molecule has 0 unspecified atom stereocenters. The van der Waals surface area contributed by atoms with Gasteiger partial charge in [-0.2, -0.15) is 0 Å². The first-order chi connectivity index (χ1) is 13.3. The van der Waals surface area contributed by atoms with Gasteiger partial charge in [0.1, 0.15) is 5.69 Å². The Hall–Kier alpha value is -3.26. The zero-order valence-electron chi connectivity index (χ0n) is 16.2. The van der Waals surface area contributed by atoms with Crippen LogP contribution in [0.1, 0.15) is 18.1 Å². The minimum absolute atomic E-state index is 0.0152. The van der Waals surface area contributed by atoms with Crippen LogP contribution in [0.3, 0.4) is 0 Å². The molecule has 0 aromatic heterocycles. The van der Waals surface area contributed by atoms with Crippen LogP contribution in [0.25, 0.3) is 0 Å². The summed E-state index contributed by atoms with van der Waals surface area (Å²) in [5, 5.41) is 16.6. The van der Waals surface area contributed by atoms with Crippen molar-refractivity contribution in [3.05, 3.63) is 63.7 Å². The van der Waals surface area contributed by atoms with Crippen LogP contribution in [0, 0.1) is 17.0 Å². The molecule has 8 nitrogen and oxygen atoms in total. The van der Waals surface area contributed by atoms with Crippen molar-refractivity contribution in [2.24, 2.45) is 0 Å². The number of nitro groups is 1. The first-order valence-electron chi connectivity index (χ1n) is 8.92. The number of para-hydroxylation sites is 2. The SMILES string of the molecule is CCc1ccccc1NC(=O)CN(C)CC(=O)Nc1c(C)cccc1[N+](=O)[O-]. The van der Waals surface area contributed by atoms with Crippen molar-refractivity contribution in [1.29, 1.82) is 0 Å². The van der Waals surface area contributed by atoms with Gasteiger partial charge in [0.2, 0.25) is 11.8 Å². The standard InChI is InChI=1S/C20H24N4O4/c1-4-15-9-5-6-10-16(15)21-18(25)12-23(3)13-19(26)22-20-14(2)8-7-11-17(20)24(27)28/h5-11H,4,12-13H2,1-3H3,(H,21,25)(H,22,26). The first kappa shape index (κ1) is 21.0. The highest BCUT2D eigenvalue weighted by Crippen LogP contribution is 2.27. The van der Waals surface area contributed by atoms with Gasteiger partial charge >= 0.3 is 0 Å². The lowest BCUT2D eigenvalue weighted by Gasteiger charge is -2.17. The Morgan fingerprint density at radius 1 is 1.04 bits per heavy atom. The molecule has 0 aliphatic heterocycles. The number of amides is 2. The predicted molar refractivity (Wildman–Crippen MR) is 108 cm³/mol. The highest BCUT2D eigenvalue weighted by molar-refractivity contribution is 5.96. The van der Waals surface area contributed by atoms with Crippen LogP contribution >= 0.6 is 0 Å². The topological polar surface area (TPSA) is 105 Å². The van der Waals surface area contributed by atoms with Crippen LogP contribution in [0.4, 0.5) is 17.1 Å². The second-order valence-corrected chi connectivity index (χ2v) is 6.51. The Balaban J connectivity index is 1.94. The van der Waals surface area contributed by atoms with Gasteiger partial charge in [0, 0.05) is 11.8 Å². The summed E-state index contributed by atoms with van der Waals surface area (Å²) >= 11 is 0. The number of carbonyl (C=O) groups is 2. The lowest BCUT2D eigenvalue weighted by Crippen LogP contribution is -2.36. The molecule has 0 radical (unpaired) electrons. The molecule has 0 bridgehead atoms. The molecule has 8 heteroatoms. The van der Waals surface area contributed by atoms with Crippen LogP contribution in [-0.2, 0) is 16.0 Å². The van der Waals surface area contributed by atoms with E-state index < -0.39 is 10.8 Å². The van der Waals surface area contributed by atoms with E-state index in [1.54, 1.807) is 31.0 Å². The van der Waals surface area contributed by atoms with Gasteiger partial charge < -0.3 is 10.6 Å². The molecule has 0 spiro atoms. The average molecular weight is 384 g/mol. The van der Waals surface area contributed by atoms with Gasteiger partial charge in [0.25, 0.3) is 5.69 Å². The molecule has 2 aromatic carbocycles. The Morgan fingerprint density at radius 2 is 1.68 bits per heavy atom. The third-order valence-corrected chi connectivity index (χ3v) is 4.21. The minimum Gasteiger partial charge on any atom is -0.325 e. The molecule has 2 aromatic rings. The number of hydrogen-bond donors (Lipinski definition) is 2. The van der Waals surface area contributed by atoms with Crippen LogP contribution in [0.15, 0.2) is 42.5 Å². The Morgan fingerprint density at radius 3 is 2.32 bits per heavy atom. The number of likely N-dealkylation sites (N-methyl/N-ethyl adjacent to an activating group) is 1. The van der Waals surface area contributed by atoms with E-state index in [2.05, 4.69) is 10.6 Å². The van der Waals surface area contributed by atoms with Gasteiger partial charge in [-0.1, -0.05) is 37.3 Å². The van der Waals surface area contributed by atoms with E-state index in [0.717, 1.165) is 17.7 Å². The van der Waals surface area contributed by atoms with Gasteiger partial charge in [-0.3, -0.25) is 24.6 Å². The molecule has 148 valence electrons. The molecule has 0 aliphatic rings. The molecule has 28 heavy (non-hydrogen) atoms. The molecular formula is C20H24N4O4. The van der Waals surface area contributed by atoms with Crippen LogP contribution in [-0.4, -0.2) is 41.8 Å². The van der Waals surface area contributed by atoms with Gasteiger partial charge in [-0.15, -0.1) is 0 Å². The molecule has 2 rings (SSSR count). The highest BCUT2D eigenvalue weighted by Gasteiger charge is 2.19. The Labute approximate surface area is 163 Å². The van der Waals surface area contributed by atoms with Crippen molar-refractivity contribution >= 4 is 28.9 Å². The summed E-state index contributed by atoms with van der Waals surface area (Å²) in [5.74, 6) is -0.667. The van der Waals surface area contributed by atoms with Gasteiger partial charge in [0.15, 0.2) is 0 Å². The number of rotatable bonds is 8. The quantitative estimate of drug-likeness (QED) is 0.538. The molecule has 2 N–H and O–H groups in total. The molecule has 0 saturated carbocycles. The van der Waals surface area contributed by atoms with Gasteiger partial charge in [-0.05, 0) is 37.6 Å². The number of nitrogens with one attached hydrogen (secondary N) is 2. The summed E-state index contributed by atoms with van der Waals surface area (Å²) in [6, 6.07) is 12.1. The molecule has 2 amide bonds. The number of aryl methyl sites for hydroxylation is 2. The highest BCUT2D eigenvalue weighted by atomic mass is 16.6. The number of anilines is 2. The summed E-state index contributed by atoms with van der Waals surface area (Å²) in [6.45, 7) is 3.63. The maximum Gasteiger partial charge on any atom is 0.293 e. The first-order valence-corrected chi connectivity index (χ1v) is 8.92. The zero-order valence-corrected chi connectivity index (χ0v) is 16.2. The second-order valence-electron chi connectivity index (χ2n) is 6.51. The van der Waals surface area contributed by atoms with Crippen LogP contribution < -0.4 is 10.6 Å². The average Bonchev–Trinajstić information content (AvgIpc) is 2.63. The lowest BCUT2D eigenvalue weighted by molar-refractivity contribution is -0.384. The van der Waals surface area contributed by atoms with E-state index in [0.29, 0.717) is 5.56 Å². The molecule has 0 saturated heterocycles. The van der Waals surface area contributed by atoms with Gasteiger partial charge in [0.05, 0.1) is 18.0 Å². The Kier molecular flexibility index (Phi) is 7.22. The summed E-state index contributed by atoms with van der Waals surface area (Å²) in [6.07, 6.45) is 0.796.